The van der Waals surface area contributed by atoms with Gasteiger partial charge < -0.3 is 15.0 Å². The molecular weight excluding hydrogens is 224 g/mol. The molecule has 1 atom stereocenters. The fourth-order valence-corrected chi connectivity index (χ4v) is 3.16. The topological polar surface area (TPSA) is 41.6 Å². The predicted octanol–water partition coefficient (Wildman–Crippen LogP) is 0.330. The summed E-state index contributed by atoms with van der Waals surface area (Å²) in [6, 6.07) is 0.531. The van der Waals surface area contributed by atoms with E-state index in [1.165, 1.54) is 18.6 Å². The highest BCUT2D eigenvalue weighted by molar-refractivity contribution is 7.99. The fraction of sp³-hybridized carbons (Fsp3) is 0.909. The Morgan fingerprint density at radius 1 is 1.44 bits per heavy atom. The summed E-state index contributed by atoms with van der Waals surface area (Å²) in [6.45, 7) is 3.36. The molecule has 5 heteroatoms. The summed E-state index contributed by atoms with van der Waals surface area (Å²) < 4.78 is 5.23. The molecule has 1 unspecified atom stereocenters. The molecule has 0 bridgehead atoms. The van der Waals surface area contributed by atoms with E-state index in [0.29, 0.717) is 25.8 Å². The van der Waals surface area contributed by atoms with Crippen LogP contribution in [0.15, 0.2) is 0 Å². The van der Waals surface area contributed by atoms with Crippen molar-refractivity contribution in [2.24, 2.45) is 0 Å². The molecule has 92 valence electrons. The first-order valence-electron chi connectivity index (χ1n) is 6.03. The Bertz CT molecular complexity index is 226. The summed E-state index contributed by atoms with van der Waals surface area (Å²) in [5.74, 6) is 2.64. The summed E-state index contributed by atoms with van der Waals surface area (Å²) in [5.41, 5.74) is 0. The summed E-state index contributed by atoms with van der Waals surface area (Å²) in [5, 5.41) is 3.37. The molecule has 1 N–H and O–H groups in total. The van der Waals surface area contributed by atoms with E-state index >= 15 is 0 Å². The maximum Gasteiger partial charge on any atom is 0.236 e. The highest BCUT2D eigenvalue weighted by atomic mass is 32.2. The monoisotopic (exact) mass is 244 g/mol. The van der Waals surface area contributed by atoms with E-state index in [0.717, 1.165) is 18.8 Å². The average Bonchev–Trinajstić information content (AvgIpc) is 2.38. The van der Waals surface area contributed by atoms with E-state index in [-0.39, 0.29) is 5.91 Å². The number of thioether (sulfide) groups is 1. The molecule has 4 nitrogen and oxygen atoms in total. The van der Waals surface area contributed by atoms with Crippen LogP contribution in [0.5, 0.6) is 0 Å². The first-order valence-corrected chi connectivity index (χ1v) is 7.18. The maximum absolute atomic E-state index is 11.8. The van der Waals surface area contributed by atoms with Gasteiger partial charge in [0.25, 0.3) is 0 Å². The van der Waals surface area contributed by atoms with E-state index in [4.69, 9.17) is 4.74 Å². The Morgan fingerprint density at radius 2 is 2.25 bits per heavy atom. The second kappa shape index (κ2) is 6.47. The van der Waals surface area contributed by atoms with E-state index in [2.05, 4.69) is 5.32 Å². The summed E-state index contributed by atoms with van der Waals surface area (Å²) in [4.78, 5) is 13.7. The molecule has 0 aliphatic carbocycles. The molecule has 0 aromatic rings. The van der Waals surface area contributed by atoms with Gasteiger partial charge in [-0.25, -0.2) is 0 Å². The Morgan fingerprint density at radius 3 is 2.94 bits per heavy atom. The molecular formula is C11H20N2O2S. The summed E-state index contributed by atoms with van der Waals surface area (Å²) >= 11 is 1.98. The van der Waals surface area contributed by atoms with Crippen LogP contribution >= 0.6 is 11.8 Å². The van der Waals surface area contributed by atoms with Crippen molar-refractivity contribution in [3.63, 3.8) is 0 Å². The first-order chi connectivity index (χ1) is 7.86. The molecule has 2 heterocycles. The van der Waals surface area contributed by atoms with E-state index in [1.54, 1.807) is 0 Å². The van der Waals surface area contributed by atoms with Gasteiger partial charge in [-0.2, -0.15) is 11.8 Å². The van der Waals surface area contributed by atoms with Gasteiger partial charge in [-0.1, -0.05) is 0 Å². The van der Waals surface area contributed by atoms with Crippen LogP contribution in [0.4, 0.5) is 0 Å². The van der Waals surface area contributed by atoms with Crippen molar-refractivity contribution in [1.29, 1.82) is 0 Å². The van der Waals surface area contributed by atoms with Gasteiger partial charge >= 0.3 is 0 Å². The number of morpholine rings is 1. The largest absolute Gasteiger partial charge is 0.378 e. The molecule has 1 amide bonds. The van der Waals surface area contributed by atoms with Gasteiger partial charge in [-0.3, -0.25) is 4.79 Å². The quantitative estimate of drug-likeness (QED) is 0.777. The number of nitrogens with zero attached hydrogens (tertiary/aromatic N) is 1. The molecule has 0 radical (unpaired) electrons. The van der Waals surface area contributed by atoms with Gasteiger partial charge in [0.05, 0.1) is 19.8 Å². The molecule has 2 aliphatic rings. The molecule has 2 fully saturated rings. The standard InChI is InChI=1S/C11H20N2O2S/c14-11(13-3-5-15-6-4-13)8-12-10-2-1-7-16-9-10/h10,12H,1-9H2. The van der Waals surface area contributed by atoms with Crippen molar-refractivity contribution in [3.05, 3.63) is 0 Å². The second-order valence-electron chi connectivity index (χ2n) is 4.29. The van der Waals surface area contributed by atoms with Crippen molar-refractivity contribution in [3.8, 4) is 0 Å². The van der Waals surface area contributed by atoms with Crippen LogP contribution in [0.3, 0.4) is 0 Å². The van der Waals surface area contributed by atoms with Gasteiger partial charge in [0.15, 0.2) is 0 Å². The highest BCUT2D eigenvalue weighted by Crippen LogP contribution is 2.16. The van der Waals surface area contributed by atoms with Crippen molar-refractivity contribution in [2.45, 2.75) is 18.9 Å². The lowest BCUT2D eigenvalue weighted by Crippen LogP contribution is -2.47. The van der Waals surface area contributed by atoms with Crippen molar-refractivity contribution in [1.82, 2.24) is 10.2 Å². The molecule has 2 rings (SSSR count). The Hall–Kier alpha value is -0.260. The Balaban J connectivity index is 1.65. The third kappa shape index (κ3) is 3.64. The zero-order valence-corrected chi connectivity index (χ0v) is 10.4. The van der Waals surface area contributed by atoms with Crippen molar-refractivity contribution >= 4 is 17.7 Å². The summed E-state index contributed by atoms with van der Waals surface area (Å²) in [6.07, 6.45) is 2.48. The lowest BCUT2D eigenvalue weighted by molar-refractivity contribution is -0.134. The molecule has 2 aliphatic heterocycles. The number of carbonyl (C=O) groups is 1. The van der Waals surface area contributed by atoms with Crippen LogP contribution in [0.2, 0.25) is 0 Å². The van der Waals surface area contributed by atoms with Crippen LogP contribution in [0, 0.1) is 0 Å². The predicted molar refractivity (Wildman–Crippen MR) is 65.7 cm³/mol. The molecule has 16 heavy (non-hydrogen) atoms. The van der Waals surface area contributed by atoms with Gasteiger partial charge in [0.2, 0.25) is 5.91 Å². The van der Waals surface area contributed by atoms with Gasteiger partial charge in [0.1, 0.15) is 0 Å². The number of rotatable bonds is 3. The molecule has 0 saturated carbocycles. The van der Waals surface area contributed by atoms with Crippen LogP contribution in [0.25, 0.3) is 0 Å². The minimum Gasteiger partial charge on any atom is -0.378 e. The smallest absolute Gasteiger partial charge is 0.236 e. The number of amides is 1. The molecule has 2 saturated heterocycles. The van der Waals surface area contributed by atoms with Crippen LogP contribution in [0.1, 0.15) is 12.8 Å². The van der Waals surface area contributed by atoms with Crippen molar-refractivity contribution in [2.75, 3.05) is 44.4 Å². The zero-order chi connectivity index (χ0) is 11.2. The normalized spacial score (nSPS) is 26.8. The Labute approximate surface area is 101 Å². The van der Waals surface area contributed by atoms with Crippen LogP contribution < -0.4 is 5.32 Å². The minimum absolute atomic E-state index is 0.221. The minimum atomic E-state index is 0.221. The van der Waals surface area contributed by atoms with Gasteiger partial charge in [-0.15, -0.1) is 0 Å². The molecule has 0 aromatic heterocycles. The Kier molecular flexibility index (Phi) is 4.93. The zero-order valence-electron chi connectivity index (χ0n) is 9.61. The maximum atomic E-state index is 11.8. The third-order valence-electron chi connectivity index (χ3n) is 3.07. The van der Waals surface area contributed by atoms with Crippen LogP contribution in [-0.4, -0.2) is 61.2 Å². The van der Waals surface area contributed by atoms with Crippen LogP contribution in [-0.2, 0) is 9.53 Å². The first kappa shape index (κ1) is 12.2. The average molecular weight is 244 g/mol. The van der Waals surface area contributed by atoms with Gasteiger partial charge in [0, 0.05) is 24.9 Å². The number of nitrogens with one attached hydrogen (secondary N) is 1. The summed E-state index contributed by atoms with van der Waals surface area (Å²) in [7, 11) is 0. The SMILES string of the molecule is O=C(CNC1CCCSC1)N1CCOCC1. The number of hydrogen-bond donors (Lipinski definition) is 1. The number of ether oxygens (including phenoxy) is 1. The van der Waals surface area contributed by atoms with E-state index in [1.807, 2.05) is 16.7 Å². The second-order valence-corrected chi connectivity index (χ2v) is 5.44. The molecule has 0 aromatic carbocycles. The van der Waals surface area contributed by atoms with E-state index < -0.39 is 0 Å². The lowest BCUT2D eigenvalue weighted by Gasteiger charge is -2.28. The van der Waals surface area contributed by atoms with Gasteiger partial charge in [-0.05, 0) is 18.6 Å². The fourth-order valence-electron chi connectivity index (χ4n) is 2.06. The number of hydrogen-bond acceptors (Lipinski definition) is 4. The van der Waals surface area contributed by atoms with E-state index in [9.17, 15) is 4.79 Å². The van der Waals surface area contributed by atoms with Crippen molar-refractivity contribution < 1.29 is 9.53 Å². The molecule has 0 spiro atoms. The number of carbonyl (C=O) groups excluding carboxylic acids is 1. The lowest BCUT2D eigenvalue weighted by atomic mass is 10.2. The highest BCUT2D eigenvalue weighted by Gasteiger charge is 2.19. The third-order valence-corrected chi connectivity index (χ3v) is 4.28.